The molecule has 138 valence electrons. The Kier molecular flexibility index (Phi) is 7.65. The van der Waals surface area contributed by atoms with Crippen LogP contribution in [0.5, 0.6) is 11.5 Å². The molecule has 0 aromatic heterocycles. The van der Waals surface area contributed by atoms with Crippen molar-refractivity contribution in [3.63, 3.8) is 0 Å². The lowest BCUT2D eigenvalue weighted by Crippen LogP contribution is -2.48. The number of alkyl halides is 2. The van der Waals surface area contributed by atoms with Crippen LogP contribution in [0.2, 0.25) is 0 Å². The van der Waals surface area contributed by atoms with Gasteiger partial charge in [0.15, 0.2) is 22.9 Å². The van der Waals surface area contributed by atoms with Crippen LogP contribution in [0.25, 0.3) is 0 Å². The van der Waals surface area contributed by atoms with Gasteiger partial charge in [0.1, 0.15) is 0 Å². The molecule has 0 bridgehead atoms. The summed E-state index contributed by atoms with van der Waals surface area (Å²) >= 11 is 11.0. The largest absolute Gasteiger partial charge is 0.490 e. The fourth-order valence-electron chi connectivity index (χ4n) is 2.61. The zero-order valence-electron chi connectivity index (χ0n) is 14.0. The molecule has 1 aliphatic rings. The second-order valence-electron chi connectivity index (χ2n) is 5.63. The highest BCUT2D eigenvalue weighted by Gasteiger charge is 2.25. The fourth-order valence-corrected chi connectivity index (χ4v) is 2.74. The second-order valence-corrected chi connectivity index (χ2v) is 6.73. The number of rotatable bonds is 7. The van der Waals surface area contributed by atoms with Crippen LogP contribution >= 0.6 is 23.2 Å². The number of likely N-dealkylation sites (tertiary alicyclic amines) is 1. The third-order valence-corrected chi connectivity index (χ3v) is 4.29. The van der Waals surface area contributed by atoms with Crippen LogP contribution in [-0.2, 0) is 9.59 Å². The topological polar surface area (TPSA) is 67.9 Å². The molecule has 1 aromatic rings. The van der Waals surface area contributed by atoms with Gasteiger partial charge in [-0.15, -0.1) is 0 Å². The Morgan fingerprint density at radius 3 is 2.36 bits per heavy atom. The summed E-state index contributed by atoms with van der Waals surface area (Å²) in [6, 6.07) is 7.24. The average Bonchev–Trinajstić information content (AvgIpc) is 2.61. The van der Waals surface area contributed by atoms with E-state index in [1.807, 2.05) is 19.1 Å². The van der Waals surface area contributed by atoms with Gasteiger partial charge in [0.2, 0.25) is 0 Å². The molecular formula is C17H22Cl2N2O4. The number of amides is 2. The van der Waals surface area contributed by atoms with E-state index >= 15 is 0 Å². The van der Waals surface area contributed by atoms with Gasteiger partial charge in [0.25, 0.3) is 11.8 Å². The summed E-state index contributed by atoms with van der Waals surface area (Å²) in [5, 5.41) is 2.77. The summed E-state index contributed by atoms with van der Waals surface area (Å²) in [6.07, 6.45) is 1.32. The van der Waals surface area contributed by atoms with Crippen molar-refractivity contribution in [2.45, 2.75) is 30.6 Å². The zero-order chi connectivity index (χ0) is 18.2. The molecule has 0 atom stereocenters. The lowest BCUT2D eigenvalue weighted by molar-refractivity contribution is -0.134. The quantitative estimate of drug-likeness (QED) is 0.728. The first-order valence-corrected chi connectivity index (χ1v) is 9.09. The number of piperidine rings is 1. The van der Waals surface area contributed by atoms with Crippen molar-refractivity contribution in [1.29, 1.82) is 0 Å². The number of hydrogen-bond donors (Lipinski definition) is 1. The molecular weight excluding hydrogens is 367 g/mol. The number of hydrogen-bond acceptors (Lipinski definition) is 4. The first-order chi connectivity index (χ1) is 12.0. The molecule has 2 amide bonds. The lowest BCUT2D eigenvalue weighted by atomic mass is 10.1. The van der Waals surface area contributed by atoms with Crippen molar-refractivity contribution in [1.82, 2.24) is 10.2 Å². The normalized spacial score (nSPS) is 15.1. The van der Waals surface area contributed by atoms with Crippen LogP contribution in [-0.4, -0.2) is 53.9 Å². The highest BCUT2D eigenvalue weighted by atomic mass is 35.5. The van der Waals surface area contributed by atoms with E-state index in [4.69, 9.17) is 32.7 Å². The first-order valence-electron chi connectivity index (χ1n) is 8.22. The summed E-state index contributed by atoms with van der Waals surface area (Å²) < 4.78 is 11.1. The summed E-state index contributed by atoms with van der Waals surface area (Å²) in [6.45, 7) is 3.47. The predicted molar refractivity (Wildman–Crippen MR) is 96.3 cm³/mol. The molecule has 8 heteroatoms. The Bertz CT molecular complexity index is 590. The van der Waals surface area contributed by atoms with E-state index < -0.39 is 10.7 Å². The number of carbonyl (C=O) groups is 2. The van der Waals surface area contributed by atoms with Crippen molar-refractivity contribution in [3.05, 3.63) is 24.3 Å². The van der Waals surface area contributed by atoms with Crippen LogP contribution in [0.15, 0.2) is 24.3 Å². The molecule has 1 heterocycles. The van der Waals surface area contributed by atoms with E-state index in [1.54, 1.807) is 17.0 Å². The molecule has 0 aliphatic carbocycles. The molecule has 0 saturated carbocycles. The monoisotopic (exact) mass is 388 g/mol. The third-order valence-electron chi connectivity index (χ3n) is 3.89. The Labute approximate surface area is 157 Å². The maximum atomic E-state index is 12.3. The van der Waals surface area contributed by atoms with E-state index in [0.29, 0.717) is 44.0 Å². The van der Waals surface area contributed by atoms with Gasteiger partial charge < -0.3 is 19.7 Å². The van der Waals surface area contributed by atoms with Crippen LogP contribution in [0.1, 0.15) is 19.8 Å². The SMILES string of the molecule is CCOc1ccccc1OCC(=O)N1CCC(NC(=O)C(Cl)Cl)CC1. The molecule has 0 radical (unpaired) electrons. The van der Waals surface area contributed by atoms with Crippen LogP contribution in [0, 0.1) is 0 Å². The van der Waals surface area contributed by atoms with Crippen molar-refractivity contribution < 1.29 is 19.1 Å². The summed E-state index contributed by atoms with van der Waals surface area (Å²) in [7, 11) is 0. The smallest absolute Gasteiger partial charge is 0.260 e. The van der Waals surface area contributed by atoms with Gasteiger partial charge in [-0.05, 0) is 31.9 Å². The molecule has 6 nitrogen and oxygen atoms in total. The van der Waals surface area contributed by atoms with Crippen molar-refractivity contribution in [2.75, 3.05) is 26.3 Å². The lowest BCUT2D eigenvalue weighted by Gasteiger charge is -2.32. The zero-order valence-corrected chi connectivity index (χ0v) is 15.6. The van der Waals surface area contributed by atoms with Gasteiger partial charge in [-0.3, -0.25) is 9.59 Å². The van der Waals surface area contributed by atoms with Crippen LogP contribution in [0.4, 0.5) is 0 Å². The minimum atomic E-state index is -1.07. The van der Waals surface area contributed by atoms with Gasteiger partial charge in [-0.1, -0.05) is 35.3 Å². The van der Waals surface area contributed by atoms with Gasteiger partial charge in [-0.2, -0.15) is 0 Å². The highest BCUT2D eigenvalue weighted by molar-refractivity contribution is 6.53. The molecule has 25 heavy (non-hydrogen) atoms. The van der Waals surface area contributed by atoms with Crippen molar-refractivity contribution in [3.8, 4) is 11.5 Å². The van der Waals surface area contributed by atoms with E-state index in [1.165, 1.54) is 0 Å². The molecule has 1 fully saturated rings. The number of nitrogens with zero attached hydrogens (tertiary/aromatic N) is 1. The molecule has 1 saturated heterocycles. The Balaban J connectivity index is 1.78. The summed E-state index contributed by atoms with van der Waals surface area (Å²) in [5.41, 5.74) is 0. The Morgan fingerprint density at radius 1 is 1.20 bits per heavy atom. The van der Waals surface area contributed by atoms with Gasteiger partial charge >= 0.3 is 0 Å². The van der Waals surface area contributed by atoms with Crippen LogP contribution in [0.3, 0.4) is 0 Å². The number of benzene rings is 1. The number of ether oxygens (including phenoxy) is 2. The first kappa shape index (κ1) is 19.7. The van der Waals surface area contributed by atoms with Gasteiger partial charge in [0, 0.05) is 19.1 Å². The highest BCUT2D eigenvalue weighted by Crippen LogP contribution is 2.26. The molecule has 0 spiro atoms. The fraction of sp³-hybridized carbons (Fsp3) is 0.529. The molecule has 1 aliphatic heterocycles. The minimum Gasteiger partial charge on any atom is -0.490 e. The maximum absolute atomic E-state index is 12.3. The minimum absolute atomic E-state index is 0.0175. The molecule has 0 unspecified atom stereocenters. The van der Waals surface area contributed by atoms with E-state index in [9.17, 15) is 9.59 Å². The van der Waals surface area contributed by atoms with E-state index in [-0.39, 0.29) is 18.6 Å². The molecule has 1 aromatic carbocycles. The molecule has 1 N–H and O–H groups in total. The van der Waals surface area contributed by atoms with Gasteiger partial charge in [0.05, 0.1) is 6.61 Å². The predicted octanol–water partition coefficient (Wildman–Crippen LogP) is 2.38. The summed E-state index contributed by atoms with van der Waals surface area (Å²) in [4.78, 5) is 24.4. The van der Waals surface area contributed by atoms with E-state index in [2.05, 4.69) is 5.32 Å². The van der Waals surface area contributed by atoms with Crippen LogP contribution < -0.4 is 14.8 Å². The Hall–Kier alpha value is -1.66. The second kappa shape index (κ2) is 9.73. The standard InChI is InChI=1S/C17H22Cl2N2O4/c1-2-24-13-5-3-4-6-14(13)25-11-15(22)21-9-7-12(8-10-21)20-17(23)16(18)19/h3-6,12,16H,2,7-11H2,1H3,(H,20,23). The average molecular weight is 389 g/mol. The number of carbonyl (C=O) groups excluding carboxylic acids is 2. The third kappa shape index (κ3) is 5.97. The number of para-hydroxylation sites is 2. The van der Waals surface area contributed by atoms with E-state index in [0.717, 1.165) is 0 Å². The van der Waals surface area contributed by atoms with Gasteiger partial charge in [-0.25, -0.2) is 0 Å². The molecule has 2 rings (SSSR count). The number of nitrogens with one attached hydrogen (secondary N) is 1. The number of halogens is 2. The Morgan fingerprint density at radius 2 is 1.80 bits per heavy atom. The van der Waals surface area contributed by atoms with Crippen molar-refractivity contribution >= 4 is 35.0 Å². The van der Waals surface area contributed by atoms with Crippen molar-refractivity contribution in [2.24, 2.45) is 0 Å². The maximum Gasteiger partial charge on any atom is 0.260 e. The summed E-state index contributed by atoms with van der Waals surface area (Å²) in [5.74, 6) is 0.679.